The fourth-order valence-corrected chi connectivity index (χ4v) is 5.16. The predicted octanol–water partition coefficient (Wildman–Crippen LogP) is 4.80. The molecule has 3 aromatic carbocycles. The lowest BCUT2D eigenvalue weighted by Crippen LogP contribution is -2.14. The highest BCUT2D eigenvalue weighted by atomic mass is 32.2. The Bertz CT molecular complexity index is 1530. The molecule has 0 amide bonds. The van der Waals surface area contributed by atoms with Crippen LogP contribution in [0.5, 0.6) is 11.5 Å². The number of fused-ring (bicyclic) bond motifs is 1. The third kappa shape index (κ3) is 4.95. The van der Waals surface area contributed by atoms with Gasteiger partial charge in [0.15, 0.2) is 5.75 Å². The van der Waals surface area contributed by atoms with E-state index in [1.165, 1.54) is 19.2 Å². The van der Waals surface area contributed by atoms with E-state index in [1.807, 2.05) is 19.9 Å². The van der Waals surface area contributed by atoms with Gasteiger partial charge < -0.3 is 18.8 Å². The first-order valence-corrected chi connectivity index (χ1v) is 12.9. The predicted molar refractivity (Wildman–Crippen MR) is 136 cm³/mol. The molecule has 0 aliphatic carbocycles. The van der Waals surface area contributed by atoms with Crippen molar-refractivity contribution in [2.24, 2.45) is 0 Å². The topological polar surface area (TPSA) is 116 Å². The summed E-state index contributed by atoms with van der Waals surface area (Å²) < 4.78 is 41.8. The van der Waals surface area contributed by atoms with Crippen molar-refractivity contribution >= 4 is 28.1 Å². The Morgan fingerprint density at radius 3 is 2.49 bits per heavy atom. The van der Waals surface area contributed by atoms with Crippen molar-refractivity contribution < 1.29 is 36.8 Å². The Balaban J connectivity index is 1.81. The van der Waals surface area contributed by atoms with Gasteiger partial charge in [0.2, 0.25) is 0 Å². The maximum absolute atomic E-state index is 13.1. The van der Waals surface area contributed by atoms with Gasteiger partial charge in [-0.2, -0.15) is 8.42 Å². The number of hydrogen-bond acceptors (Lipinski definition) is 8. The van der Waals surface area contributed by atoms with Crippen LogP contribution in [0.3, 0.4) is 0 Å². The van der Waals surface area contributed by atoms with Gasteiger partial charge in [-0.25, -0.2) is 9.59 Å². The highest BCUT2D eigenvalue weighted by Gasteiger charge is 2.35. The zero-order chi connectivity index (χ0) is 26.9. The van der Waals surface area contributed by atoms with E-state index < -0.39 is 22.1 Å². The van der Waals surface area contributed by atoms with Crippen LogP contribution in [-0.4, -0.2) is 32.6 Å². The second-order valence-corrected chi connectivity index (χ2v) is 10.2. The number of aromatic hydroxyl groups is 1. The summed E-state index contributed by atoms with van der Waals surface area (Å²) in [6, 6.07) is 11.3. The number of methoxy groups -OCH3 is 1. The monoisotopic (exact) mass is 522 g/mol. The molecule has 3 aromatic rings. The first kappa shape index (κ1) is 26.0. The van der Waals surface area contributed by atoms with Crippen LogP contribution in [0.1, 0.15) is 54.1 Å². The normalized spacial score (nSPS) is 12.9. The number of esters is 2. The molecule has 0 unspecified atom stereocenters. The third-order valence-corrected chi connectivity index (χ3v) is 7.52. The Kier molecular flexibility index (Phi) is 7.09. The summed E-state index contributed by atoms with van der Waals surface area (Å²) in [7, 11) is -3.04. The van der Waals surface area contributed by atoms with E-state index in [0.29, 0.717) is 22.3 Å². The van der Waals surface area contributed by atoms with Gasteiger partial charge in [0.25, 0.3) is 0 Å². The quantitative estimate of drug-likeness (QED) is 0.348. The zero-order valence-electron chi connectivity index (χ0n) is 20.8. The Morgan fingerprint density at radius 2 is 1.81 bits per heavy atom. The van der Waals surface area contributed by atoms with Crippen LogP contribution < -0.4 is 4.18 Å². The summed E-state index contributed by atoms with van der Waals surface area (Å²) in [5.41, 5.74) is 3.50. The average molecular weight is 523 g/mol. The maximum atomic E-state index is 13.1. The fraction of sp³-hybridized carbons (Fsp3) is 0.214. The van der Waals surface area contributed by atoms with E-state index in [4.69, 9.17) is 13.7 Å². The number of aryl methyl sites for hydroxylation is 2. The van der Waals surface area contributed by atoms with E-state index in [2.05, 4.69) is 0 Å². The Hall–Kier alpha value is -4.11. The van der Waals surface area contributed by atoms with Gasteiger partial charge in [0.05, 0.1) is 12.7 Å². The molecule has 4 rings (SSSR count). The van der Waals surface area contributed by atoms with Crippen molar-refractivity contribution in [1.29, 1.82) is 0 Å². The molecule has 0 spiro atoms. The number of carbonyl (C=O) groups excluding carboxylic acids is 2. The van der Waals surface area contributed by atoms with Gasteiger partial charge in [-0.3, -0.25) is 0 Å². The molecule has 9 heteroatoms. The van der Waals surface area contributed by atoms with Gasteiger partial charge >= 0.3 is 22.1 Å². The molecule has 192 valence electrons. The van der Waals surface area contributed by atoms with Gasteiger partial charge in [-0.1, -0.05) is 42.0 Å². The summed E-state index contributed by atoms with van der Waals surface area (Å²) >= 11 is 0. The minimum absolute atomic E-state index is 0.000924. The van der Waals surface area contributed by atoms with E-state index in [0.717, 1.165) is 11.1 Å². The lowest BCUT2D eigenvalue weighted by Gasteiger charge is -2.17. The van der Waals surface area contributed by atoms with Gasteiger partial charge in [0, 0.05) is 11.1 Å². The number of carbonyl (C=O) groups is 2. The van der Waals surface area contributed by atoms with E-state index in [1.54, 1.807) is 43.3 Å². The summed E-state index contributed by atoms with van der Waals surface area (Å²) in [6.45, 7) is 5.18. The van der Waals surface area contributed by atoms with Crippen LogP contribution in [0, 0.1) is 20.8 Å². The number of rotatable bonds is 7. The highest BCUT2D eigenvalue weighted by Crippen LogP contribution is 2.43. The zero-order valence-corrected chi connectivity index (χ0v) is 21.6. The van der Waals surface area contributed by atoms with Crippen LogP contribution in [0.15, 0.2) is 53.4 Å². The molecule has 0 fully saturated rings. The molecule has 0 radical (unpaired) electrons. The van der Waals surface area contributed by atoms with Crippen LogP contribution in [0.25, 0.3) is 6.08 Å². The molecule has 1 aliphatic rings. The van der Waals surface area contributed by atoms with Crippen LogP contribution >= 0.6 is 0 Å². The molecule has 8 nitrogen and oxygen atoms in total. The smallest absolute Gasteiger partial charge is 0.342 e. The summed E-state index contributed by atoms with van der Waals surface area (Å²) in [5, 5.41) is 11.0. The molecule has 1 aliphatic heterocycles. The highest BCUT2D eigenvalue weighted by molar-refractivity contribution is 7.87. The number of ether oxygens (including phenoxy) is 2. The largest absolute Gasteiger partial charge is 0.507 e. The number of benzene rings is 3. The molecule has 0 aromatic heterocycles. The molecule has 0 saturated carbocycles. The van der Waals surface area contributed by atoms with E-state index in [-0.39, 0.29) is 40.5 Å². The number of phenols is 1. The molecular weight excluding hydrogens is 496 g/mol. The molecule has 1 N–H and O–H groups in total. The van der Waals surface area contributed by atoms with Crippen molar-refractivity contribution in [2.45, 2.75) is 38.7 Å². The van der Waals surface area contributed by atoms with Crippen molar-refractivity contribution in [3.8, 4) is 11.5 Å². The first-order valence-electron chi connectivity index (χ1n) is 11.4. The maximum Gasteiger partial charge on any atom is 0.342 e. The minimum atomic E-state index is -4.34. The number of phenolic OH excluding ortho intramolecular Hbond substituents is 1. The van der Waals surface area contributed by atoms with Crippen molar-refractivity contribution in [3.05, 3.63) is 93.0 Å². The van der Waals surface area contributed by atoms with Gasteiger partial charge in [-0.05, 0) is 62.1 Å². The third-order valence-electron chi connectivity index (χ3n) is 6.29. The van der Waals surface area contributed by atoms with Crippen molar-refractivity contribution in [2.75, 3.05) is 7.11 Å². The van der Waals surface area contributed by atoms with Crippen LogP contribution in [0.4, 0.5) is 0 Å². The summed E-state index contributed by atoms with van der Waals surface area (Å²) in [4.78, 5) is 24.7. The molecule has 0 saturated heterocycles. The molecule has 0 bridgehead atoms. The number of hydrogen-bond donors (Lipinski definition) is 1. The second-order valence-electron chi connectivity index (χ2n) is 8.70. The standard InChI is InChI=1S/C28H26O8S/c1-16-11-13-19(14-12-16)37(32,33)36-26-22(25(29)18(3)23-15-35-28(31)24(23)26)10-6-8-20-17(2)7-5-9-21(20)27(30)34-4/h5-9,11-14,29H,10,15H2,1-4H3/b8-6+. The van der Waals surface area contributed by atoms with Gasteiger partial charge in [-0.15, -0.1) is 0 Å². The number of allylic oxidation sites excluding steroid dienone is 1. The second kappa shape index (κ2) is 10.1. The van der Waals surface area contributed by atoms with E-state index in [9.17, 15) is 23.1 Å². The summed E-state index contributed by atoms with van der Waals surface area (Å²) in [5.74, 6) is -1.71. The van der Waals surface area contributed by atoms with Crippen molar-refractivity contribution in [1.82, 2.24) is 0 Å². The van der Waals surface area contributed by atoms with E-state index >= 15 is 0 Å². The molecule has 1 heterocycles. The van der Waals surface area contributed by atoms with Crippen LogP contribution in [0.2, 0.25) is 0 Å². The lowest BCUT2D eigenvalue weighted by atomic mass is 9.95. The molecule has 37 heavy (non-hydrogen) atoms. The Labute approximate surface area is 215 Å². The SMILES string of the molecule is COC(=O)c1cccc(C)c1/C=C/Cc1c(O)c(C)c2c(c1OS(=O)(=O)c1ccc(C)cc1)C(=O)OC2. The lowest BCUT2D eigenvalue weighted by molar-refractivity contribution is 0.0532. The fourth-order valence-electron chi connectivity index (χ4n) is 4.19. The minimum Gasteiger partial charge on any atom is -0.507 e. The first-order chi connectivity index (χ1) is 17.5. The molecule has 0 atom stereocenters. The number of cyclic esters (lactones) is 1. The molecular formula is C28H26O8S. The van der Waals surface area contributed by atoms with Gasteiger partial charge in [0.1, 0.15) is 22.8 Å². The Morgan fingerprint density at radius 1 is 1.11 bits per heavy atom. The van der Waals surface area contributed by atoms with Crippen LogP contribution in [-0.2, 0) is 32.6 Å². The van der Waals surface area contributed by atoms with Crippen molar-refractivity contribution in [3.63, 3.8) is 0 Å². The summed E-state index contributed by atoms with van der Waals surface area (Å²) in [6.07, 6.45) is 3.34. The average Bonchev–Trinajstić information content (AvgIpc) is 3.26.